The normalized spacial score (nSPS) is 13.8. The first-order valence-corrected chi connectivity index (χ1v) is 4.88. The Morgan fingerprint density at radius 2 is 2.00 bits per heavy atom. The fraction of sp³-hybridized carbons (Fsp3) is 0.900. The van der Waals surface area contributed by atoms with Crippen LogP contribution in [0.25, 0.3) is 0 Å². The van der Waals surface area contributed by atoms with Crippen LogP contribution in [0.5, 0.6) is 0 Å². The minimum absolute atomic E-state index is 0.0505. The molecule has 2 N–H and O–H groups in total. The summed E-state index contributed by atoms with van der Waals surface area (Å²) in [6.45, 7) is 6.86. The topological polar surface area (TPSA) is 56.0 Å². The molecule has 0 fully saturated rings. The second kappa shape index (κ2) is 5.95. The predicted octanol–water partition coefficient (Wildman–Crippen LogP) is 1.29. The Bertz CT molecular complexity index is 162. The molecule has 0 rings (SSSR count). The number of aliphatic hydroxyl groups excluding tert-OH is 1. The summed E-state index contributed by atoms with van der Waals surface area (Å²) in [6.07, 6.45) is 1.87. The van der Waals surface area contributed by atoms with Crippen molar-refractivity contribution in [1.29, 1.82) is 5.26 Å². The first-order valence-electron chi connectivity index (χ1n) is 4.88. The monoisotopic (exact) mass is 184 g/mol. The van der Waals surface area contributed by atoms with Crippen molar-refractivity contribution in [1.82, 2.24) is 5.32 Å². The summed E-state index contributed by atoms with van der Waals surface area (Å²) in [5, 5.41) is 20.9. The molecule has 0 aliphatic rings. The van der Waals surface area contributed by atoms with Crippen molar-refractivity contribution in [2.45, 2.75) is 39.7 Å². The molecule has 1 atom stereocenters. The lowest BCUT2D eigenvalue weighted by Gasteiger charge is -2.30. The van der Waals surface area contributed by atoms with Crippen molar-refractivity contribution in [3.05, 3.63) is 0 Å². The molecule has 0 amide bonds. The average Bonchev–Trinajstić information content (AvgIpc) is 2.20. The van der Waals surface area contributed by atoms with Crippen LogP contribution in [-0.2, 0) is 0 Å². The second-order valence-electron chi connectivity index (χ2n) is 3.60. The maximum absolute atomic E-state index is 9.24. The van der Waals surface area contributed by atoms with Gasteiger partial charge in [-0.25, -0.2) is 0 Å². The van der Waals surface area contributed by atoms with Gasteiger partial charge in [0.25, 0.3) is 0 Å². The second-order valence-corrected chi connectivity index (χ2v) is 3.60. The molecule has 0 saturated heterocycles. The van der Waals surface area contributed by atoms with Gasteiger partial charge in [-0.15, -0.1) is 0 Å². The molecule has 0 spiro atoms. The highest BCUT2D eigenvalue weighted by Crippen LogP contribution is 2.24. The van der Waals surface area contributed by atoms with E-state index in [-0.39, 0.29) is 18.1 Å². The van der Waals surface area contributed by atoms with Gasteiger partial charge in [0.2, 0.25) is 0 Å². The Morgan fingerprint density at radius 1 is 1.46 bits per heavy atom. The van der Waals surface area contributed by atoms with E-state index in [0.717, 1.165) is 12.8 Å². The van der Waals surface area contributed by atoms with E-state index < -0.39 is 0 Å². The number of nitrogens with zero attached hydrogens (tertiary/aromatic N) is 1. The van der Waals surface area contributed by atoms with Crippen LogP contribution in [0.1, 0.15) is 33.6 Å². The lowest BCUT2D eigenvalue weighted by atomic mass is 9.83. The average molecular weight is 184 g/mol. The van der Waals surface area contributed by atoms with Gasteiger partial charge in [0.05, 0.1) is 12.1 Å². The van der Waals surface area contributed by atoms with E-state index in [4.69, 9.17) is 5.26 Å². The van der Waals surface area contributed by atoms with Crippen LogP contribution in [0.3, 0.4) is 0 Å². The number of rotatable bonds is 6. The largest absolute Gasteiger partial charge is 0.396 e. The highest BCUT2D eigenvalue weighted by Gasteiger charge is 2.25. The summed E-state index contributed by atoms with van der Waals surface area (Å²) in [6, 6.07) is 1.98. The predicted molar refractivity (Wildman–Crippen MR) is 53.2 cm³/mol. The zero-order chi connectivity index (χ0) is 10.3. The lowest BCUT2D eigenvalue weighted by molar-refractivity contribution is 0.112. The molecular formula is C10H20N2O. The van der Waals surface area contributed by atoms with Gasteiger partial charge >= 0.3 is 0 Å². The molecule has 13 heavy (non-hydrogen) atoms. The molecule has 0 aromatic rings. The number of nitrogens with one attached hydrogen (secondary N) is 1. The van der Waals surface area contributed by atoms with E-state index >= 15 is 0 Å². The molecule has 0 bridgehead atoms. The maximum atomic E-state index is 9.24. The third kappa shape index (κ3) is 3.75. The molecule has 0 aliphatic carbocycles. The Labute approximate surface area is 80.8 Å². The van der Waals surface area contributed by atoms with Crippen molar-refractivity contribution in [3.63, 3.8) is 0 Å². The van der Waals surface area contributed by atoms with Crippen LogP contribution in [0.2, 0.25) is 0 Å². The zero-order valence-electron chi connectivity index (χ0n) is 8.80. The van der Waals surface area contributed by atoms with Crippen LogP contribution in [-0.4, -0.2) is 24.3 Å². The Hall–Kier alpha value is -0.590. The molecule has 3 heteroatoms. The van der Waals surface area contributed by atoms with Crippen molar-refractivity contribution in [3.8, 4) is 6.07 Å². The van der Waals surface area contributed by atoms with Gasteiger partial charge < -0.3 is 10.4 Å². The van der Waals surface area contributed by atoms with Crippen LogP contribution in [0.4, 0.5) is 0 Å². The minimum Gasteiger partial charge on any atom is -0.396 e. The summed E-state index contributed by atoms with van der Waals surface area (Å²) in [5.74, 6) is 0. The highest BCUT2D eigenvalue weighted by molar-refractivity contribution is 4.88. The third-order valence-corrected chi connectivity index (χ3v) is 2.81. The zero-order valence-corrected chi connectivity index (χ0v) is 8.80. The summed E-state index contributed by atoms with van der Waals surface area (Å²) in [5.41, 5.74) is -0.0505. The molecule has 1 unspecified atom stereocenters. The van der Waals surface area contributed by atoms with E-state index in [1.54, 1.807) is 0 Å². The standard InChI is InChI=1S/C10H20N2O/c1-4-10(5-2,8-13)7-12-9(3)6-11/h9,12-13H,4-5,7-8H2,1-3H3. The quantitative estimate of drug-likeness (QED) is 0.654. The van der Waals surface area contributed by atoms with Gasteiger partial charge in [-0.2, -0.15) is 5.26 Å². The van der Waals surface area contributed by atoms with Crippen LogP contribution in [0.15, 0.2) is 0 Å². The Morgan fingerprint density at radius 3 is 2.31 bits per heavy atom. The van der Waals surface area contributed by atoms with Crippen molar-refractivity contribution in [2.24, 2.45) is 5.41 Å². The molecular weight excluding hydrogens is 164 g/mol. The van der Waals surface area contributed by atoms with E-state index in [9.17, 15) is 5.11 Å². The Kier molecular flexibility index (Phi) is 5.68. The van der Waals surface area contributed by atoms with E-state index in [1.807, 2.05) is 6.92 Å². The molecule has 0 aliphatic heterocycles. The molecule has 3 nitrogen and oxygen atoms in total. The molecule has 0 heterocycles. The van der Waals surface area contributed by atoms with Gasteiger partial charge in [0.15, 0.2) is 0 Å². The molecule has 76 valence electrons. The third-order valence-electron chi connectivity index (χ3n) is 2.81. The van der Waals surface area contributed by atoms with E-state index in [0.29, 0.717) is 6.54 Å². The van der Waals surface area contributed by atoms with E-state index in [2.05, 4.69) is 25.2 Å². The first kappa shape index (κ1) is 12.4. The molecule has 0 saturated carbocycles. The molecule has 0 aromatic carbocycles. The van der Waals surface area contributed by atoms with Gasteiger partial charge in [0.1, 0.15) is 0 Å². The van der Waals surface area contributed by atoms with Gasteiger partial charge in [0, 0.05) is 18.6 Å². The number of nitriles is 1. The molecule has 0 aromatic heterocycles. The van der Waals surface area contributed by atoms with Gasteiger partial charge in [-0.1, -0.05) is 13.8 Å². The summed E-state index contributed by atoms with van der Waals surface area (Å²) in [7, 11) is 0. The highest BCUT2D eigenvalue weighted by atomic mass is 16.3. The maximum Gasteiger partial charge on any atom is 0.0924 e. The van der Waals surface area contributed by atoms with Crippen LogP contribution in [0, 0.1) is 16.7 Å². The van der Waals surface area contributed by atoms with Crippen LogP contribution >= 0.6 is 0 Å². The summed E-state index contributed by atoms with van der Waals surface area (Å²) >= 11 is 0. The van der Waals surface area contributed by atoms with Crippen molar-refractivity contribution < 1.29 is 5.11 Å². The molecule has 0 radical (unpaired) electrons. The summed E-state index contributed by atoms with van der Waals surface area (Å²) in [4.78, 5) is 0. The number of hydrogen-bond donors (Lipinski definition) is 2. The van der Waals surface area contributed by atoms with Gasteiger partial charge in [-0.05, 0) is 19.8 Å². The summed E-state index contributed by atoms with van der Waals surface area (Å²) < 4.78 is 0. The fourth-order valence-electron chi connectivity index (χ4n) is 1.19. The van der Waals surface area contributed by atoms with Crippen LogP contribution < -0.4 is 5.32 Å². The smallest absolute Gasteiger partial charge is 0.0924 e. The Balaban J connectivity index is 4.04. The lowest BCUT2D eigenvalue weighted by Crippen LogP contribution is -2.39. The minimum atomic E-state index is -0.135. The van der Waals surface area contributed by atoms with Gasteiger partial charge in [-0.3, -0.25) is 0 Å². The first-order chi connectivity index (χ1) is 6.14. The number of aliphatic hydroxyl groups is 1. The SMILES string of the molecule is CCC(CC)(CO)CNC(C)C#N. The number of hydrogen-bond acceptors (Lipinski definition) is 3. The van der Waals surface area contributed by atoms with Crippen molar-refractivity contribution in [2.75, 3.05) is 13.2 Å². The van der Waals surface area contributed by atoms with Crippen molar-refractivity contribution >= 4 is 0 Å². The van der Waals surface area contributed by atoms with E-state index in [1.165, 1.54) is 0 Å². The fourth-order valence-corrected chi connectivity index (χ4v) is 1.19.